The molecule has 0 saturated heterocycles. The van der Waals surface area contributed by atoms with Gasteiger partial charge in [0.15, 0.2) is 0 Å². The molecule has 17 heavy (non-hydrogen) atoms. The van der Waals surface area contributed by atoms with Gasteiger partial charge in [0.25, 0.3) is 0 Å². The molecule has 0 aliphatic rings. The first-order valence-electron chi connectivity index (χ1n) is 5.77. The number of nitrogen functional groups attached to an aromatic ring is 1. The Bertz CT molecular complexity index is 420. The van der Waals surface area contributed by atoms with Crippen LogP contribution in [-0.2, 0) is 4.79 Å². The number of carbonyl (C=O) groups is 1. The monoisotopic (exact) mass is 232 g/mol. The molecule has 3 N–H and O–H groups in total. The summed E-state index contributed by atoms with van der Waals surface area (Å²) in [5.74, 6) is -0.155. The second-order valence-corrected chi connectivity index (χ2v) is 4.42. The summed E-state index contributed by atoms with van der Waals surface area (Å²) in [5.41, 5.74) is 8.52. The molecule has 0 heterocycles. The normalized spacial score (nSPS) is 11.7. The molecule has 1 aromatic carbocycles. The van der Waals surface area contributed by atoms with Gasteiger partial charge in [0, 0.05) is 12.2 Å². The molecular formula is C14H20N2O. The Morgan fingerprint density at radius 1 is 1.47 bits per heavy atom. The predicted molar refractivity (Wildman–Crippen MR) is 71.7 cm³/mol. The van der Waals surface area contributed by atoms with Gasteiger partial charge in [0.2, 0.25) is 5.91 Å². The van der Waals surface area contributed by atoms with Gasteiger partial charge in [-0.3, -0.25) is 4.79 Å². The summed E-state index contributed by atoms with van der Waals surface area (Å²) in [6.07, 6.45) is 1.99. The van der Waals surface area contributed by atoms with Crippen LogP contribution < -0.4 is 11.1 Å². The van der Waals surface area contributed by atoms with Gasteiger partial charge in [-0.15, -0.1) is 0 Å². The van der Waals surface area contributed by atoms with E-state index >= 15 is 0 Å². The number of rotatable bonds is 4. The number of nitrogens with one attached hydrogen (secondary N) is 1. The molecule has 3 nitrogen and oxygen atoms in total. The van der Waals surface area contributed by atoms with E-state index in [9.17, 15) is 4.79 Å². The van der Waals surface area contributed by atoms with E-state index in [4.69, 9.17) is 5.73 Å². The van der Waals surface area contributed by atoms with Crippen LogP contribution in [0.1, 0.15) is 32.3 Å². The molecule has 1 unspecified atom stereocenters. The van der Waals surface area contributed by atoms with Gasteiger partial charge in [0.1, 0.15) is 0 Å². The summed E-state index contributed by atoms with van der Waals surface area (Å²) in [7, 11) is 0. The van der Waals surface area contributed by atoms with Gasteiger partial charge in [-0.25, -0.2) is 0 Å². The van der Waals surface area contributed by atoms with Crippen LogP contribution in [0.2, 0.25) is 0 Å². The first-order chi connectivity index (χ1) is 8.00. The van der Waals surface area contributed by atoms with E-state index < -0.39 is 0 Å². The lowest BCUT2D eigenvalue weighted by atomic mass is 10.00. The highest BCUT2D eigenvalue weighted by molar-refractivity contribution is 5.83. The fourth-order valence-electron chi connectivity index (χ4n) is 1.49. The zero-order chi connectivity index (χ0) is 12.8. The smallest absolute Gasteiger partial charge is 0.227 e. The molecule has 1 atom stereocenters. The molecule has 1 rings (SSSR count). The molecule has 0 radical (unpaired) electrons. The number of anilines is 1. The topological polar surface area (TPSA) is 55.1 Å². The first-order valence-corrected chi connectivity index (χ1v) is 5.77. The molecule has 0 aliphatic carbocycles. The maximum Gasteiger partial charge on any atom is 0.227 e. The van der Waals surface area contributed by atoms with Crippen molar-refractivity contribution in [3.8, 4) is 0 Å². The molecule has 0 aliphatic heterocycles. The van der Waals surface area contributed by atoms with Crippen LogP contribution >= 0.6 is 0 Å². The summed E-state index contributed by atoms with van der Waals surface area (Å²) < 4.78 is 0. The number of allylic oxidation sites excluding steroid dienone is 1. The predicted octanol–water partition coefficient (Wildman–Crippen LogP) is 2.45. The minimum absolute atomic E-state index is 0.0214. The van der Waals surface area contributed by atoms with Gasteiger partial charge in [-0.05, 0) is 38.5 Å². The van der Waals surface area contributed by atoms with E-state index in [1.165, 1.54) is 5.57 Å². The SMILES string of the molecule is CC(C)=CCNC(=O)C(C)c1cccc(N)c1. The van der Waals surface area contributed by atoms with Gasteiger partial charge in [-0.1, -0.05) is 23.8 Å². The highest BCUT2D eigenvalue weighted by atomic mass is 16.1. The fourth-order valence-corrected chi connectivity index (χ4v) is 1.49. The highest BCUT2D eigenvalue weighted by Crippen LogP contribution is 2.17. The lowest BCUT2D eigenvalue weighted by Gasteiger charge is -2.12. The summed E-state index contributed by atoms with van der Waals surface area (Å²) in [4.78, 5) is 11.9. The molecule has 0 saturated carbocycles. The molecule has 0 aromatic heterocycles. The maximum atomic E-state index is 11.9. The molecule has 0 fully saturated rings. The van der Waals surface area contributed by atoms with E-state index in [2.05, 4.69) is 5.32 Å². The minimum Gasteiger partial charge on any atom is -0.399 e. The molecular weight excluding hydrogens is 212 g/mol. The highest BCUT2D eigenvalue weighted by Gasteiger charge is 2.14. The molecule has 0 bridgehead atoms. The van der Waals surface area contributed by atoms with E-state index in [0.717, 1.165) is 5.56 Å². The number of amides is 1. The standard InChI is InChI=1S/C14H20N2O/c1-10(2)7-8-16-14(17)11(3)12-5-4-6-13(15)9-12/h4-7,9,11H,8,15H2,1-3H3,(H,16,17). The summed E-state index contributed by atoms with van der Waals surface area (Å²) in [6, 6.07) is 7.44. The van der Waals surface area contributed by atoms with E-state index in [1.807, 2.05) is 51.1 Å². The Balaban J connectivity index is 2.61. The van der Waals surface area contributed by atoms with Gasteiger partial charge in [-0.2, -0.15) is 0 Å². The van der Waals surface area contributed by atoms with Gasteiger partial charge in [0.05, 0.1) is 5.92 Å². The van der Waals surface area contributed by atoms with Crippen molar-refractivity contribution >= 4 is 11.6 Å². The molecule has 0 spiro atoms. The first kappa shape index (κ1) is 13.3. The van der Waals surface area contributed by atoms with Crippen molar-refractivity contribution in [3.63, 3.8) is 0 Å². The zero-order valence-corrected chi connectivity index (χ0v) is 10.7. The number of carbonyl (C=O) groups excluding carboxylic acids is 1. The minimum atomic E-state index is -0.177. The summed E-state index contributed by atoms with van der Waals surface area (Å²) >= 11 is 0. The van der Waals surface area contributed by atoms with Crippen LogP contribution in [0.15, 0.2) is 35.9 Å². The lowest BCUT2D eigenvalue weighted by Crippen LogP contribution is -2.28. The van der Waals surface area contributed by atoms with Crippen molar-refractivity contribution in [1.29, 1.82) is 0 Å². The maximum absolute atomic E-state index is 11.9. The Kier molecular flexibility index (Phi) is 4.76. The molecule has 1 amide bonds. The van der Waals surface area contributed by atoms with Gasteiger partial charge >= 0.3 is 0 Å². The Labute approximate surface area is 103 Å². The van der Waals surface area contributed by atoms with Crippen molar-refractivity contribution < 1.29 is 4.79 Å². The number of benzene rings is 1. The quantitative estimate of drug-likeness (QED) is 0.619. The fraction of sp³-hybridized carbons (Fsp3) is 0.357. The second-order valence-electron chi connectivity index (χ2n) is 4.42. The number of hydrogen-bond acceptors (Lipinski definition) is 2. The average molecular weight is 232 g/mol. The second kappa shape index (κ2) is 6.09. The van der Waals surface area contributed by atoms with Crippen molar-refractivity contribution in [2.75, 3.05) is 12.3 Å². The Morgan fingerprint density at radius 2 is 2.18 bits per heavy atom. The van der Waals surface area contributed by atoms with E-state index in [1.54, 1.807) is 0 Å². The van der Waals surface area contributed by atoms with Crippen molar-refractivity contribution in [2.45, 2.75) is 26.7 Å². The third kappa shape index (κ3) is 4.31. The van der Waals surface area contributed by atoms with Crippen LogP contribution in [-0.4, -0.2) is 12.5 Å². The third-order valence-corrected chi connectivity index (χ3v) is 2.59. The van der Waals surface area contributed by atoms with E-state index in [-0.39, 0.29) is 11.8 Å². The van der Waals surface area contributed by atoms with Crippen LogP contribution in [0.25, 0.3) is 0 Å². The Morgan fingerprint density at radius 3 is 2.76 bits per heavy atom. The molecule has 3 heteroatoms. The Hall–Kier alpha value is -1.77. The van der Waals surface area contributed by atoms with Crippen LogP contribution in [0.3, 0.4) is 0 Å². The van der Waals surface area contributed by atoms with Crippen molar-refractivity contribution in [1.82, 2.24) is 5.32 Å². The van der Waals surface area contributed by atoms with Crippen LogP contribution in [0.5, 0.6) is 0 Å². The lowest BCUT2D eigenvalue weighted by molar-refractivity contribution is -0.121. The third-order valence-electron chi connectivity index (χ3n) is 2.59. The largest absolute Gasteiger partial charge is 0.399 e. The summed E-state index contributed by atoms with van der Waals surface area (Å²) in [5, 5.41) is 2.88. The van der Waals surface area contributed by atoms with Crippen molar-refractivity contribution in [3.05, 3.63) is 41.5 Å². The van der Waals surface area contributed by atoms with Crippen LogP contribution in [0.4, 0.5) is 5.69 Å². The zero-order valence-electron chi connectivity index (χ0n) is 10.7. The summed E-state index contributed by atoms with van der Waals surface area (Å²) in [6.45, 7) is 6.47. The van der Waals surface area contributed by atoms with Gasteiger partial charge < -0.3 is 11.1 Å². The molecule has 1 aromatic rings. The van der Waals surface area contributed by atoms with E-state index in [0.29, 0.717) is 12.2 Å². The average Bonchev–Trinajstić information content (AvgIpc) is 2.27. The number of hydrogen-bond donors (Lipinski definition) is 2. The van der Waals surface area contributed by atoms with Crippen LogP contribution in [0, 0.1) is 0 Å². The van der Waals surface area contributed by atoms with Crippen molar-refractivity contribution in [2.24, 2.45) is 0 Å². The number of nitrogens with two attached hydrogens (primary N) is 1. The molecule has 92 valence electrons.